The van der Waals surface area contributed by atoms with Crippen molar-refractivity contribution in [3.63, 3.8) is 0 Å². The topological polar surface area (TPSA) is 58.6 Å². The molecule has 2 aromatic rings. The highest BCUT2D eigenvalue weighted by Crippen LogP contribution is 2.26. The SMILES string of the molecule is COc1ccc(-c2cccc(C(=O)NC3CCC(=O)N(C)C3)c2)cc1C. The molecular formula is C21H24N2O3. The number of hydrogen-bond donors (Lipinski definition) is 1. The number of likely N-dealkylation sites (N-methyl/N-ethyl adjacent to an activating group) is 1. The lowest BCUT2D eigenvalue weighted by atomic mass is 10.00. The third kappa shape index (κ3) is 3.87. The summed E-state index contributed by atoms with van der Waals surface area (Å²) >= 11 is 0. The summed E-state index contributed by atoms with van der Waals surface area (Å²) in [5.41, 5.74) is 3.70. The van der Waals surface area contributed by atoms with Gasteiger partial charge < -0.3 is 15.0 Å². The van der Waals surface area contributed by atoms with Crippen LogP contribution in [-0.4, -0.2) is 43.5 Å². The molecule has 5 heteroatoms. The van der Waals surface area contributed by atoms with E-state index in [0.29, 0.717) is 24.9 Å². The summed E-state index contributed by atoms with van der Waals surface area (Å²) in [5, 5.41) is 3.04. The van der Waals surface area contributed by atoms with Gasteiger partial charge in [-0.2, -0.15) is 0 Å². The fourth-order valence-corrected chi connectivity index (χ4v) is 3.30. The Kier molecular flexibility index (Phi) is 5.26. The number of aryl methyl sites for hydroxylation is 1. The van der Waals surface area contributed by atoms with Gasteiger partial charge in [0.25, 0.3) is 5.91 Å². The zero-order valence-corrected chi connectivity index (χ0v) is 15.4. The maximum atomic E-state index is 12.6. The van der Waals surface area contributed by atoms with Gasteiger partial charge >= 0.3 is 0 Å². The Morgan fingerprint density at radius 3 is 2.65 bits per heavy atom. The Labute approximate surface area is 154 Å². The number of ether oxygens (including phenoxy) is 1. The number of nitrogens with zero attached hydrogens (tertiary/aromatic N) is 1. The van der Waals surface area contributed by atoms with Crippen molar-refractivity contribution in [1.82, 2.24) is 10.2 Å². The zero-order valence-electron chi connectivity index (χ0n) is 15.4. The highest BCUT2D eigenvalue weighted by molar-refractivity contribution is 5.95. The van der Waals surface area contributed by atoms with Gasteiger partial charge in [0.2, 0.25) is 5.91 Å². The van der Waals surface area contributed by atoms with Crippen LogP contribution in [0.2, 0.25) is 0 Å². The fourth-order valence-electron chi connectivity index (χ4n) is 3.30. The van der Waals surface area contributed by atoms with E-state index in [1.165, 1.54) is 0 Å². The normalized spacial score (nSPS) is 17.1. The molecule has 0 aromatic heterocycles. The molecule has 1 heterocycles. The number of nitrogens with one attached hydrogen (secondary N) is 1. The molecule has 0 spiro atoms. The number of hydrogen-bond acceptors (Lipinski definition) is 3. The van der Waals surface area contributed by atoms with Crippen molar-refractivity contribution in [2.75, 3.05) is 20.7 Å². The summed E-state index contributed by atoms with van der Waals surface area (Å²) in [6.07, 6.45) is 1.17. The van der Waals surface area contributed by atoms with E-state index in [-0.39, 0.29) is 17.9 Å². The molecule has 1 saturated heterocycles. The molecule has 1 aliphatic rings. The Bertz CT molecular complexity index is 832. The van der Waals surface area contributed by atoms with Gasteiger partial charge in [0.1, 0.15) is 5.75 Å². The number of carbonyl (C=O) groups excluding carboxylic acids is 2. The lowest BCUT2D eigenvalue weighted by Crippen LogP contribution is -2.48. The third-order valence-electron chi connectivity index (χ3n) is 4.81. The first kappa shape index (κ1) is 18.0. The van der Waals surface area contributed by atoms with E-state index < -0.39 is 0 Å². The molecule has 2 aromatic carbocycles. The van der Waals surface area contributed by atoms with Gasteiger partial charge in [0, 0.05) is 31.6 Å². The fraction of sp³-hybridized carbons (Fsp3) is 0.333. The Morgan fingerprint density at radius 1 is 1.19 bits per heavy atom. The molecule has 3 rings (SSSR count). The molecule has 0 aliphatic carbocycles. The van der Waals surface area contributed by atoms with Crippen LogP contribution in [0.5, 0.6) is 5.75 Å². The Balaban J connectivity index is 1.75. The molecule has 1 fully saturated rings. The molecule has 2 amide bonds. The van der Waals surface area contributed by atoms with Gasteiger partial charge in [-0.15, -0.1) is 0 Å². The summed E-state index contributed by atoms with van der Waals surface area (Å²) in [6.45, 7) is 2.56. The minimum Gasteiger partial charge on any atom is -0.496 e. The minimum absolute atomic E-state index is 0.00270. The van der Waals surface area contributed by atoms with Gasteiger partial charge in [0.05, 0.1) is 7.11 Å². The standard InChI is InChI=1S/C21H24N2O3/c1-14-11-16(7-9-19(14)26-3)15-5-4-6-17(12-15)21(25)22-18-8-10-20(24)23(2)13-18/h4-7,9,11-12,18H,8,10,13H2,1-3H3,(H,22,25). The second-order valence-corrected chi connectivity index (χ2v) is 6.75. The molecular weight excluding hydrogens is 328 g/mol. The Morgan fingerprint density at radius 2 is 1.96 bits per heavy atom. The molecule has 5 nitrogen and oxygen atoms in total. The molecule has 0 saturated carbocycles. The van der Waals surface area contributed by atoms with Crippen LogP contribution in [0.1, 0.15) is 28.8 Å². The maximum absolute atomic E-state index is 12.6. The molecule has 1 atom stereocenters. The smallest absolute Gasteiger partial charge is 0.251 e. The second-order valence-electron chi connectivity index (χ2n) is 6.75. The van der Waals surface area contributed by atoms with Crippen molar-refractivity contribution in [2.45, 2.75) is 25.8 Å². The second kappa shape index (κ2) is 7.60. The Hall–Kier alpha value is -2.82. The first-order valence-corrected chi connectivity index (χ1v) is 8.78. The monoisotopic (exact) mass is 352 g/mol. The van der Waals surface area contributed by atoms with Gasteiger partial charge in [-0.05, 0) is 54.3 Å². The minimum atomic E-state index is -0.107. The summed E-state index contributed by atoms with van der Waals surface area (Å²) < 4.78 is 5.31. The molecule has 1 N–H and O–H groups in total. The van der Waals surface area contributed by atoms with E-state index in [1.807, 2.05) is 43.3 Å². The predicted octanol–water partition coefficient (Wildman–Crippen LogP) is 3.02. The van der Waals surface area contributed by atoms with Gasteiger partial charge in [-0.25, -0.2) is 0 Å². The zero-order chi connectivity index (χ0) is 18.7. The van der Waals surface area contributed by atoms with Crippen molar-refractivity contribution in [2.24, 2.45) is 0 Å². The molecule has 1 aliphatic heterocycles. The molecule has 0 bridgehead atoms. The van der Waals surface area contributed by atoms with Crippen molar-refractivity contribution in [1.29, 1.82) is 0 Å². The van der Waals surface area contributed by atoms with Crippen LogP contribution >= 0.6 is 0 Å². The first-order valence-electron chi connectivity index (χ1n) is 8.78. The third-order valence-corrected chi connectivity index (χ3v) is 4.81. The largest absolute Gasteiger partial charge is 0.496 e. The van der Waals surface area contributed by atoms with E-state index >= 15 is 0 Å². The highest BCUT2D eigenvalue weighted by Gasteiger charge is 2.24. The van der Waals surface area contributed by atoms with Crippen LogP contribution in [0.25, 0.3) is 11.1 Å². The molecule has 136 valence electrons. The van der Waals surface area contributed by atoms with Gasteiger partial charge in [-0.1, -0.05) is 18.2 Å². The van der Waals surface area contributed by atoms with Crippen molar-refractivity contribution in [3.05, 3.63) is 53.6 Å². The summed E-state index contributed by atoms with van der Waals surface area (Å²) in [7, 11) is 3.43. The van der Waals surface area contributed by atoms with E-state index in [9.17, 15) is 9.59 Å². The predicted molar refractivity (Wildman–Crippen MR) is 101 cm³/mol. The van der Waals surface area contributed by atoms with Gasteiger partial charge in [0.15, 0.2) is 0 Å². The quantitative estimate of drug-likeness (QED) is 0.920. The number of carbonyl (C=O) groups is 2. The number of amides is 2. The average molecular weight is 352 g/mol. The highest BCUT2D eigenvalue weighted by atomic mass is 16.5. The van der Waals surface area contributed by atoms with E-state index in [4.69, 9.17) is 4.74 Å². The summed E-state index contributed by atoms with van der Waals surface area (Å²) in [4.78, 5) is 25.9. The van der Waals surface area contributed by atoms with E-state index in [1.54, 1.807) is 19.1 Å². The number of likely N-dealkylation sites (tertiary alicyclic amines) is 1. The van der Waals surface area contributed by atoms with Crippen LogP contribution < -0.4 is 10.1 Å². The van der Waals surface area contributed by atoms with Crippen LogP contribution in [0.4, 0.5) is 0 Å². The maximum Gasteiger partial charge on any atom is 0.251 e. The summed E-state index contributed by atoms with van der Waals surface area (Å²) in [6, 6.07) is 13.6. The van der Waals surface area contributed by atoms with Crippen LogP contribution in [0.15, 0.2) is 42.5 Å². The molecule has 26 heavy (non-hydrogen) atoms. The van der Waals surface area contributed by atoms with Gasteiger partial charge in [-0.3, -0.25) is 9.59 Å². The lowest BCUT2D eigenvalue weighted by molar-refractivity contribution is -0.132. The average Bonchev–Trinajstić information content (AvgIpc) is 2.64. The van der Waals surface area contributed by atoms with Crippen molar-refractivity contribution in [3.8, 4) is 16.9 Å². The molecule has 1 unspecified atom stereocenters. The molecule has 0 radical (unpaired) electrons. The van der Waals surface area contributed by atoms with Crippen molar-refractivity contribution >= 4 is 11.8 Å². The van der Waals surface area contributed by atoms with Crippen molar-refractivity contribution < 1.29 is 14.3 Å². The first-order chi connectivity index (χ1) is 12.5. The lowest BCUT2D eigenvalue weighted by Gasteiger charge is -2.30. The van der Waals surface area contributed by atoms with E-state index in [0.717, 1.165) is 22.4 Å². The van der Waals surface area contributed by atoms with E-state index in [2.05, 4.69) is 11.4 Å². The number of benzene rings is 2. The number of piperidine rings is 1. The summed E-state index contributed by atoms with van der Waals surface area (Å²) in [5.74, 6) is 0.871. The number of methoxy groups -OCH3 is 1. The number of rotatable bonds is 4. The van der Waals surface area contributed by atoms with Crippen LogP contribution in [0, 0.1) is 6.92 Å². The van der Waals surface area contributed by atoms with Crippen LogP contribution in [-0.2, 0) is 4.79 Å². The van der Waals surface area contributed by atoms with Crippen LogP contribution in [0.3, 0.4) is 0 Å².